The van der Waals surface area contributed by atoms with Crippen LogP contribution in [0.4, 0.5) is 11.4 Å². The van der Waals surface area contributed by atoms with Crippen LogP contribution in [0.1, 0.15) is 22.0 Å². The predicted molar refractivity (Wildman–Crippen MR) is 111 cm³/mol. The molecule has 4 rings (SSSR count). The number of nitrogens with one attached hydrogen (secondary N) is 2. The van der Waals surface area contributed by atoms with E-state index in [0.29, 0.717) is 22.5 Å². The quantitative estimate of drug-likeness (QED) is 0.367. The maximum atomic E-state index is 13.3. The van der Waals surface area contributed by atoms with Crippen LogP contribution in [0.5, 0.6) is 0 Å². The van der Waals surface area contributed by atoms with Crippen molar-refractivity contribution >= 4 is 29.3 Å². The number of para-hydroxylation sites is 2. The van der Waals surface area contributed by atoms with Gasteiger partial charge in [0.15, 0.2) is 0 Å². The number of amides is 1. The van der Waals surface area contributed by atoms with Gasteiger partial charge in [0.2, 0.25) is 5.78 Å². The molecule has 0 spiro atoms. The second kappa shape index (κ2) is 7.21. The fraction of sp³-hybridized carbons (Fsp3) is 0.0455. The van der Waals surface area contributed by atoms with E-state index < -0.39 is 12.0 Å². The van der Waals surface area contributed by atoms with Crippen LogP contribution in [-0.2, 0) is 4.79 Å². The van der Waals surface area contributed by atoms with E-state index >= 15 is 0 Å². The van der Waals surface area contributed by atoms with E-state index in [1.165, 1.54) is 23.3 Å². The standard InChI is InChI=1S/C22H18N4O3/c23-11-9-13(10-12-24)22(29)26-17-8-4-2-6-15(17)21(28)19(26)18-20(27)14-5-1-3-7-16(14)25-18/h1-12,20,23,25,27H,24H2/b12-10-,13-9+,19-18+,23-11?. The number of carbonyl (C=O) groups excluding carboxylic acids is 2. The number of Topliss-reactive ketones (excluding diaryl/α,β-unsaturated/α-hetero) is 1. The summed E-state index contributed by atoms with van der Waals surface area (Å²) in [7, 11) is 0. The van der Waals surface area contributed by atoms with Crippen LogP contribution >= 0.6 is 0 Å². The van der Waals surface area contributed by atoms with Crippen molar-refractivity contribution in [2.24, 2.45) is 5.73 Å². The SMILES string of the molecule is N=C/C=C(\C=C/N)C(=O)N1/C(=C2/Nc3ccccc3C2O)C(=O)c2ccccc21. The minimum atomic E-state index is -1.07. The van der Waals surface area contributed by atoms with Crippen LogP contribution in [0.2, 0.25) is 0 Å². The molecule has 29 heavy (non-hydrogen) atoms. The topological polar surface area (TPSA) is 120 Å². The highest BCUT2D eigenvalue weighted by Crippen LogP contribution is 2.44. The zero-order valence-electron chi connectivity index (χ0n) is 15.3. The zero-order chi connectivity index (χ0) is 20.5. The number of aliphatic hydroxyl groups is 1. The molecule has 0 saturated heterocycles. The Hall–Kier alpha value is -3.97. The van der Waals surface area contributed by atoms with E-state index in [1.807, 2.05) is 6.07 Å². The number of aliphatic hydroxyl groups excluding tert-OH is 1. The summed E-state index contributed by atoms with van der Waals surface area (Å²) in [6, 6.07) is 13.9. The minimum Gasteiger partial charge on any atom is -0.405 e. The van der Waals surface area contributed by atoms with Gasteiger partial charge >= 0.3 is 0 Å². The average Bonchev–Trinajstić information content (AvgIpc) is 3.22. The van der Waals surface area contributed by atoms with Gasteiger partial charge in [-0.1, -0.05) is 30.3 Å². The predicted octanol–water partition coefficient (Wildman–Crippen LogP) is 2.63. The number of benzene rings is 2. The smallest absolute Gasteiger partial charge is 0.263 e. The number of hydrogen-bond acceptors (Lipinski definition) is 6. The van der Waals surface area contributed by atoms with Gasteiger partial charge in [-0.3, -0.25) is 14.5 Å². The molecule has 1 atom stereocenters. The van der Waals surface area contributed by atoms with Crippen LogP contribution in [-0.4, -0.2) is 23.0 Å². The third-order valence-electron chi connectivity index (χ3n) is 4.87. The van der Waals surface area contributed by atoms with Gasteiger partial charge in [0.1, 0.15) is 11.8 Å². The lowest BCUT2D eigenvalue weighted by atomic mass is 10.1. The molecule has 2 aliphatic heterocycles. The van der Waals surface area contributed by atoms with E-state index in [2.05, 4.69) is 5.32 Å². The fourth-order valence-corrected chi connectivity index (χ4v) is 3.59. The first kappa shape index (κ1) is 18.4. The van der Waals surface area contributed by atoms with Gasteiger partial charge < -0.3 is 21.6 Å². The molecule has 7 nitrogen and oxygen atoms in total. The maximum Gasteiger partial charge on any atom is 0.263 e. The number of fused-ring (bicyclic) bond motifs is 2. The van der Waals surface area contributed by atoms with Gasteiger partial charge in [-0.15, -0.1) is 0 Å². The summed E-state index contributed by atoms with van der Waals surface area (Å²) in [5.74, 6) is -0.893. The molecule has 0 bridgehead atoms. The fourth-order valence-electron chi connectivity index (χ4n) is 3.59. The summed E-state index contributed by atoms with van der Waals surface area (Å²) in [6.07, 6.45) is 3.76. The molecule has 1 unspecified atom stereocenters. The third-order valence-corrected chi connectivity index (χ3v) is 4.87. The average molecular weight is 386 g/mol. The van der Waals surface area contributed by atoms with Crippen LogP contribution < -0.4 is 16.0 Å². The largest absolute Gasteiger partial charge is 0.405 e. The number of hydrogen-bond donors (Lipinski definition) is 4. The molecular formula is C22H18N4O3. The molecule has 0 radical (unpaired) electrons. The minimum absolute atomic E-state index is 0.0567. The van der Waals surface area contributed by atoms with Crippen LogP contribution in [0.3, 0.4) is 0 Å². The van der Waals surface area contributed by atoms with Crippen molar-refractivity contribution < 1.29 is 14.7 Å². The number of rotatable bonds is 3. The second-order valence-electron chi connectivity index (χ2n) is 6.51. The highest BCUT2D eigenvalue weighted by molar-refractivity contribution is 6.28. The molecule has 0 fully saturated rings. The third kappa shape index (κ3) is 2.84. The molecule has 2 aromatic rings. The first-order valence-electron chi connectivity index (χ1n) is 8.94. The highest BCUT2D eigenvalue weighted by Gasteiger charge is 2.42. The molecule has 7 heteroatoms. The first-order chi connectivity index (χ1) is 14.1. The van der Waals surface area contributed by atoms with Crippen molar-refractivity contribution in [3.05, 3.63) is 95.0 Å². The molecule has 0 aliphatic carbocycles. The highest BCUT2D eigenvalue weighted by atomic mass is 16.3. The van der Waals surface area contributed by atoms with Crippen LogP contribution in [0.15, 0.2) is 83.9 Å². The lowest BCUT2D eigenvalue weighted by molar-refractivity contribution is -0.114. The molecule has 0 aromatic heterocycles. The normalized spacial score (nSPS) is 20.6. The van der Waals surface area contributed by atoms with Gasteiger partial charge in [-0.25, -0.2) is 0 Å². The van der Waals surface area contributed by atoms with Crippen molar-refractivity contribution in [2.75, 3.05) is 10.2 Å². The number of ketones is 1. The molecule has 2 aliphatic rings. The van der Waals surface area contributed by atoms with Gasteiger partial charge in [-0.2, -0.15) is 0 Å². The van der Waals surface area contributed by atoms with Crippen molar-refractivity contribution in [1.29, 1.82) is 5.41 Å². The number of allylic oxidation sites excluding steroid dienone is 2. The Kier molecular flexibility index (Phi) is 4.58. The van der Waals surface area contributed by atoms with Gasteiger partial charge in [-0.05, 0) is 36.6 Å². The molecule has 5 N–H and O–H groups in total. The van der Waals surface area contributed by atoms with Gasteiger partial charge in [0.05, 0.1) is 11.4 Å². The Morgan fingerprint density at radius 2 is 1.90 bits per heavy atom. The Morgan fingerprint density at radius 3 is 2.62 bits per heavy atom. The van der Waals surface area contributed by atoms with E-state index in [4.69, 9.17) is 11.1 Å². The maximum absolute atomic E-state index is 13.3. The van der Waals surface area contributed by atoms with Crippen molar-refractivity contribution in [3.8, 4) is 0 Å². The molecular weight excluding hydrogens is 368 g/mol. The molecule has 144 valence electrons. The Bertz CT molecular complexity index is 1130. The van der Waals surface area contributed by atoms with Gasteiger partial charge in [0, 0.05) is 28.6 Å². The number of nitrogens with two attached hydrogens (primary N) is 1. The van der Waals surface area contributed by atoms with Gasteiger partial charge in [0.25, 0.3) is 5.91 Å². The summed E-state index contributed by atoms with van der Waals surface area (Å²) in [4.78, 5) is 27.8. The molecule has 2 heterocycles. The molecule has 1 amide bonds. The van der Waals surface area contributed by atoms with E-state index in [9.17, 15) is 14.7 Å². The van der Waals surface area contributed by atoms with Crippen LogP contribution in [0.25, 0.3) is 0 Å². The van der Waals surface area contributed by atoms with Crippen LogP contribution in [0, 0.1) is 5.41 Å². The Morgan fingerprint density at radius 1 is 1.17 bits per heavy atom. The summed E-state index contributed by atoms with van der Waals surface area (Å²) in [6.45, 7) is 0. The molecule has 2 aromatic carbocycles. The summed E-state index contributed by atoms with van der Waals surface area (Å²) < 4.78 is 0. The monoisotopic (exact) mass is 386 g/mol. The van der Waals surface area contributed by atoms with E-state index in [0.717, 1.165) is 6.21 Å². The summed E-state index contributed by atoms with van der Waals surface area (Å²) in [5, 5.41) is 21.3. The van der Waals surface area contributed by atoms with Crippen molar-refractivity contribution in [3.63, 3.8) is 0 Å². The Balaban J connectivity index is 1.92. The number of anilines is 2. The summed E-state index contributed by atoms with van der Waals surface area (Å²) >= 11 is 0. The zero-order valence-corrected chi connectivity index (χ0v) is 15.3. The van der Waals surface area contributed by atoms with E-state index in [1.54, 1.807) is 42.5 Å². The summed E-state index contributed by atoms with van der Waals surface area (Å²) in [5.41, 5.74) is 7.97. The van der Waals surface area contributed by atoms with Crippen molar-refractivity contribution in [1.82, 2.24) is 0 Å². The molecule has 0 saturated carbocycles. The first-order valence-corrected chi connectivity index (χ1v) is 8.94. The van der Waals surface area contributed by atoms with E-state index in [-0.39, 0.29) is 22.8 Å². The van der Waals surface area contributed by atoms with Crippen molar-refractivity contribution in [2.45, 2.75) is 6.10 Å². The lowest BCUT2D eigenvalue weighted by Crippen LogP contribution is -2.32. The number of nitrogens with zero attached hydrogens (tertiary/aromatic N) is 1. The number of carbonyl (C=O) groups is 2. The Labute approximate surface area is 167 Å². The second-order valence-corrected chi connectivity index (χ2v) is 6.51. The lowest BCUT2D eigenvalue weighted by Gasteiger charge is -2.21.